The summed E-state index contributed by atoms with van der Waals surface area (Å²) in [7, 11) is 0. The molecule has 0 atom stereocenters. The number of fused-ring (bicyclic) bond motifs is 1. The Morgan fingerprint density at radius 1 is 0.771 bits per heavy atom. The van der Waals surface area contributed by atoms with Crippen LogP contribution in [0.25, 0.3) is 22.5 Å². The molecule has 5 heteroatoms. The maximum Gasteiger partial charge on any atom is 0.151 e. The van der Waals surface area contributed by atoms with E-state index in [-0.39, 0.29) is 17.5 Å². The number of aryl methyl sites for hydroxylation is 3. The highest BCUT2D eigenvalue weighted by molar-refractivity contribution is 6.08. The van der Waals surface area contributed by atoms with Crippen LogP contribution in [0.5, 0.6) is 0 Å². The van der Waals surface area contributed by atoms with Crippen molar-refractivity contribution in [2.75, 3.05) is 18.0 Å². The number of hydrogen-bond donors (Lipinski definition) is 0. The average molecular weight is 468 g/mol. The fraction of sp³-hybridized carbons (Fsp3) is 0.400. The minimum absolute atomic E-state index is 0.135. The lowest BCUT2D eigenvalue weighted by Gasteiger charge is -2.30. The zero-order chi connectivity index (χ0) is 24.4. The molecule has 1 aliphatic heterocycles. The Morgan fingerprint density at radius 2 is 1.34 bits per heavy atom. The van der Waals surface area contributed by atoms with E-state index in [1.165, 1.54) is 11.1 Å². The Bertz CT molecular complexity index is 1220. The van der Waals surface area contributed by atoms with Gasteiger partial charge in [-0.05, 0) is 39.5 Å². The number of hydrogen-bond acceptors (Lipinski definition) is 5. The lowest BCUT2D eigenvalue weighted by molar-refractivity contribution is -0.127. The van der Waals surface area contributed by atoms with E-state index in [1.54, 1.807) is 0 Å². The number of unbranched alkanes of at least 4 members (excludes halogenated alkanes) is 1. The van der Waals surface area contributed by atoms with E-state index in [1.807, 2.05) is 0 Å². The largest absolute Gasteiger partial charge is 0.355 e. The molecule has 1 aliphatic carbocycles. The van der Waals surface area contributed by atoms with Crippen LogP contribution in [0.2, 0.25) is 0 Å². The van der Waals surface area contributed by atoms with Crippen molar-refractivity contribution >= 4 is 17.4 Å². The van der Waals surface area contributed by atoms with Crippen molar-refractivity contribution in [2.24, 2.45) is 5.92 Å². The van der Waals surface area contributed by atoms with Crippen LogP contribution in [0.15, 0.2) is 48.5 Å². The molecule has 2 aromatic carbocycles. The minimum Gasteiger partial charge on any atom is -0.355 e. The Morgan fingerprint density at radius 3 is 1.94 bits per heavy atom. The molecule has 1 aromatic heterocycles. The molecule has 2 heterocycles. The first-order chi connectivity index (χ1) is 17.0. The zero-order valence-electron chi connectivity index (χ0n) is 20.7. The molecule has 1 fully saturated rings. The second-order valence-corrected chi connectivity index (χ2v) is 9.99. The van der Waals surface area contributed by atoms with Gasteiger partial charge < -0.3 is 4.90 Å². The van der Waals surface area contributed by atoms with Crippen LogP contribution in [-0.2, 0) is 16.0 Å². The third-order valence-electron chi connectivity index (χ3n) is 7.30. The summed E-state index contributed by atoms with van der Waals surface area (Å²) in [5.74, 6) is 0.899. The summed E-state index contributed by atoms with van der Waals surface area (Å²) in [5, 5.41) is 0. The van der Waals surface area contributed by atoms with Crippen LogP contribution in [0, 0.1) is 19.8 Å². The van der Waals surface area contributed by atoms with Gasteiger partial charge in [0.25, 0.3) is 0 Å². The van der Waals surface area contributed by atoms with Gasteiger partial charge in [0.1, 0.15) is 11.6 Å². The van der Waals surface area contributed by atoms with Gasteiger partial charge in [-0.15, -0.1) is 0 Å². The molecule has 0 unspecified atom stereocenters. The zero-order valence-corrected chi connectivity index (χ0v) is 20.7. The van der Waals surface area contributed by atoms with Crippen molar-refractivity contribution in [3.05, 3.63) is 65.4 Å². The topological polar surface area (TPSA) is 63.2 Å². The molecule has 5 nitrogen and oxygen atoms in total. The number of benzene rings is 2. The van der Waals surface area contributed by atoms with Crippen molar-refractivity contribution < 1.29 is 9.59 Å². The number of Topliss-reactive ketones (excluding diaryl/α,β-unsaturated/α-hetero) is 2. The fourth-order valence-corrected chi connectivity index (χ4v) is 5.22. The number of carbonyl (C=O) groups is 2. The number of aromatic nitrogens is 2. The van der Waals surface area contributed by atoms with Gasteiger partial charge in [0.15, 0.2) is 5.82 Å². The van der Waals surface area contributed by atoms with E-state index in [0.29, 0.717) is 19.3 Å². The number of carbonyl (C=O) groups excluding carboxylic acids is 2. The first kappa shape index (κ1) is 23.4. The molecule has 5 rings (SSSR count). The maximum atomic E-state index is 12.0. The summed E-state index contributed by atoms with van der Waals surface area (Å²) in [6, 6.07) is 17.0. The van der Waals surface area contributed by atoms with E-state index in [2.05, 4.69) is 67.3 Å². The number of anilines is 1. The van der Waals surface area contributed by atoms with E-state index in [0.717, 1.165) is 72.8 Å². The van der Waals surface area contributed by atoms with Crippen LogP contribution >= 0.6 is 0 Å². The van der Waals surface area contributed by atoms with Crippen LogP contribution in [0.4, 0.5) is 5.82 Å². The number of rotatable bonds is 7. The van der Waals surface area contributed by atoms with Crippen LogP contribution in [0.3, 0.4) is 0 Å². The molecule has 0 saturated heterocycles. The Labute approximate surface area is 207 Å². The lowest BCUT2D eigenvalue weighted by Crippen LogP contribution is -2.32. The first-order valence-corrected chi connectivity index (χ1v) is 12.8. The van der Waals surface area contributed by atoms with Gasteiger partial charge in [-0.2, -0.15) is 0 Å². The van der Waals surface area contributed by atoms with Crippen molar-refractivity contribution in [3.63, 3.8) is 0 Å². The predicted octanol–water partition coefficient (Wildman–Crippen LogP) is 5.90. The quantitative estimate of drug-likeness (QED) is 0.320. The smallest absolute Gasteiger partial charge is 0.151 e. The van der Waals surface area contributed by atoms with Gasteiger partial charge in [-0.1, -0.05) is 66.1 Å². The Hall–Kier alpha value is -3.34. The summed E-state index contributed by atoms with van der Waals surface area (Å²) >= 11 is 0. The van der Waals surface area contributed by atoms with Crippen molar-refractivity contribution in [2.45, 2.75) is 58.8 Å². The first-order valence-electron chi connectivity index (χ1n) is 12.8. The fourth-order valence-electron chi connectivity index (χ4n) is 5.22. The second-order valence-electron chi connectivity index (χ2n) is 9.99. The third kappa shape index (κ3) is 5.04. The molecule has 0 N–H and O–H groups in total. The molecule has 180 valence electrons. The highest BCUT2D eigenvalue weighted by Gasteiger charge is 2.32. The summed E-state index contributed by atoms with van der Waals surface area (Å²) in [6.07, 6.45) is 5.36. The van der Waals surface area contributed by atoms with Gasteiger partial charge in [0.05, 0.1) is 23.0 Å². The molecule has 0 radical (unpaired) electrons. The molecule has 2 aliphatic rings. The van der Waals surface area contributed by atoms with Crippen molar-refractivity contribution in [1.29, 1.82) is 0 Å². The normalized spacial score (nSPS) is 16.1. The van der Waals surface area contributed by atoms with Gasteiger partial charge in [0, 0.05) is 37.1 Å². The van der Waals surface area contributed by atoms with Crippen LogP contribution in [-0.4, -0.2) is 34.6 Å². The van der Waals surface area contributed by atoms with E-state index in [4.69, 9.17) is 9.97 Å². The molecule has 35 heavy (non-hydrogen) atoms. The monoisotopic (exact) mass is 467 g/mol. The van der Waals surface area contributed by atoms with Crippen LogP contribution < -0.4 is 4.90 Å². The Balaban J connectivity index is 1.41. The average Bonchev–Trinajstić information content (AvgIpc) is 3.19. The molecule has 1 saturated carbocycles. The van der Waals surface area contributed by atoms with Crippen molar-refractivity contribution in [3.8, 4) is 22.5 Å². The molecule has 0 spiro atoms. The van der Waals surface area contributed by atoms with Crippen LogP contribution in [0.1, 0.15) is 55.3 Å². The third-order valence-corrected chi connectivity index (χ3v) is 7.30. The summed E-state index contributed by atoms with van der Waals surface area (Å²) in [4.78, 5) is 36.7. The maximum absolute atomic E-state index is 12.0. The molecular formula is C30H33N3O2. The summed E-state index contributed by atoms with van der Waals surface area (Å²) in [5.41, 5.74) is 7.52. The van der Waals surface area contributed by atoms with Gasteiger partial charge in [0.2, 0.25) is 0 Å². The lowest BCUT2D eigenvalue weighted by atomic mass is 9.98. The molecular weight excluding hydrogens is 434 g/mol. The van der Waals surface area contributed by atoms with E-state index < -0.39 is 0 Å². The Kier molecular flexibility index (Phi) is 6.76. The second kappa shape index (κ2) is 10.1. The predicted molar refractivity (Wildman–Crippen MR) is 140 cm³/mol. The van der Waals surface area contributed by atoms with Gasteiger partial charge in [-0.25, -0.2) is 9.97 Å². The molecule has 3 aromatic rings. The summed E-state index contributed by atoms with van der Waals surface area (Å²) in [6.45, 7) is 6.02. The SMILES string of the molecule is Cc1ccc(-c2nc3c(nc2-c2ccc(C)cc2)N(CCCCC2C(=O)CCC2=O)CCC3)cc1. The molecule has 0 bridgehead atoms. The molecule has 0 amide bonds. The highest BCUT2D eigenvalue weighted by atomic mass is 16.2. The summed E-state index contributed by atoms with van der Waals surface area (Å²) < 4.78 is 0. The standard InChI is InChI=1S/C30H33N3O2/c1-20-8-12-22(13-9-20)28-29(23-14-10-21(2)11-15-23)32-30-25(31-28)7-5-19-33(30)18-4-3-6-24-26(34)16-17-27(24)35/h8-15,24H,3-7,16-19H2,1-2H3. The van der Waals surface area contributed by atoms with E-state index >= 15 is 0 Å². The minimum atomic E-state index is -0.353. The van der Waals surface area contributed by atoms with Gasteiger partial charge >= 0.3 is 0 Å². The van der Waals surface area contributed by atoms with Crippen molar-refractivity contribution in [1.82, 2.24) is 9.97 Å². The highest BCUT2D eigenvalue weighted by Crippen LogP contribution is 2.35. The number of nitrogens with zero attached hydrogens (tertiary/aromatic N) is 3. The number of ketones is 2. The van der Waals surface area contributed by atoms with Gasteiger partial charge in [-0.3, -0.25) is 9.59 Å². The van der Waals surface area contributed by atoms with E-state index in [9.17, 15) is 9.59 Å².